The van der Waals surface area contributed by atoms with Crippen LogP contribution < -0.4 is 0 Å². The molecule has 1 aromatic rings. The molecule has 4 heteroatoms. The fourth-order valence-corrected chi connectivity index (χ4v) is 3.03. The average Bonchev–Trinajstić information content (AvgIpc) is 3.04. The standard InChI is InChI=1S/C14H21NO2S/c1-10(2)15(9-12-5-4-8-18-12)13(11-6-7-11)14(16)17-3/h4-5,8,10-11,13H,6-7,9H2,1-3H3. The van der Waals surface area contributed by atoms with Crippen LogP contribution in [0.1, 0.15) is 31.6 Å². The van der Waals surface area contributed by atoms with Crippen LogP contribution in [0.5, 0.6) is 0 Å². The molecular formula is C14H21NO2S. The first kappa shape index (κ1) is 13.6. The number of esters is 1. The van der Waals surface area contributed by atoms with E-state index in [0.29, 0.717) is 12.0 Å². The number of carbonyl (C=O) groups is 1. The smallest absolute Gasteiger partial charge is 0.323 e. The Morgan fingerprint density at radius 3 is 2.72 bits per heavy atom. The molecule has 1 heterocycles. The van der Waals surface area contributed by atoms with Crippen LogP contribution in [0, 0.1) is 5.92 Å². The zero-order valence-corrected chi connectivity index (χ0v) is 12.1. The van der Waals surface area contributed by atoms with Gasteiger partial charge in [-0.2, -0.15) is 0 Å². The Balaban J connectivity index is 2.13. The molecule has 3 nitrogen and oxygen atoms in total. The van der Waals surface area contributed by atoms with E-state index in [-0.39, 0.29) is 12.0 Å². The van der Waals surface area contributed by atoms with Gasteiger partial charge in [0.1, 0.15) is 6.04 Å². The maximum atomic E-state index is 12.0. The summed E-state index contributed by atoms with van der Waals surface area (Å²) in [5.74, 6) is 0.405. The van der Waals surface area contributed by atoms with E-state index in [9.17, 15) is 4.79 Å². The third kappa shape index (κ3) is 3.12. The van der Waals surface area contributed by atoms with E-state index in [1.54, 1.807) is 11.3 Å². The molecule has 0 spiro atoms. The summed E-state index contributed by atoms with van der Waals surface area (Å²) in [5.41, 5.74) is 0. The van der Waals surface area contributed by atoms with Crippen molar-refractivity contribution in [1.29, 1.82) is 0 Å². The minimum absolute atomic E-state index is 0.0721. The van der Waals surface area contributed by atoms with Crippen molar-refractivity contribution in [1.82, 2.24) is 4.90 Å². The molecule has 1 saturated carbocycles. The molecule has 1 aromatic heterocycles. The van der Waals surface area contributed by atoms with E-state index in [1.807, 2.05) is 0 Å². The van der Waals surface area contributed by atoms with Gasteiger partial charge in [-0.3, -0.25) is 9.69 Å². The number of hydrogen-bond acceptors (Lipinski definition) is 4. The van der Waals surface area contributed by atoms with Crippen LogP contribution in [-0.2, 0) is 16.1 Å². The van der Waals surface area contributed by atoms with Crippen LogP contribution in [0.4, 0.5) is 0 Å². The van der Waals surface area contributed by atoms with Gasteiger partial charge in [-0.15, -0.1) is 11.3 Å². The molecule has 1 atom stereocenters. The van der Waals surface area contributed by atoms with Crippen molar-refractivity contribution in [3.63, 3.8) is 0 Å². The quantitative estimate of drug-likeness (QED) is 0.742. The van der Waals surface area contributed by atoms with E-state index >= 15 is 0 Å². The Hall–Kier alpha value is -0.870. The summed E-state index contributed by atoms with van der Waals surface area (Å²) in [6, 6.07) is 4.46. The minimum Gasteiger partial charge on any atom is -0.468 e. The number of methoxy groups -OCH3 is 1. The maximum Gasteiger partial charge on any atom is 0.323 e. The minimum atomic E-state index is -0.0808. The van der Waals surface area contributed by atoms with E-state index in [1.165, 1.54) is 12.0 Å². The summed E-state index contributed by atoms with van der Waals surface area (Å²) in [6.07, 6.45) is 2.29. The molecule has 1 fully saturated rings. The molecule has 100 valence electrons. The number of thiophene rings is 1. The highest BCUT2D eigenvalue weighted by Gasteiger charge is 2.41. The second-order valence-electron chi connectivity index (χ2n) is 5.15. The van der Waals surface area contributed by atoms with Crippen molar-refractivity contribution in [3.8, 4) is 0 Å². The SMILES string of the molecule is COC(=O)C(C1CC1)N(Cc1cccs1)C(C)C. The van der Waals surface area contributed by atoms with Gasteiger partial charge in [0.25, 0.3) is 0 Å². The summed E-state index contributed by atoms with van der Waals surface area (Å²) in [5, 5.41) is 2.08. The second kappa shape index (κ2) is 5.85. The van der Waals surface area contributed by atoms with Crippen molar-refractivity contribution >= 4 is 17.3 Å². The number of carbonyl (C=O) groups excluding carboxylic acids is 1. The molecule has 1 aliphatic carbocycles. The van der Waals surface area contributed by atoms with Crippen LogP contribution in [-0.4, -0.2) is 30.1 Å². The van der Waals surface area contributed by atoms with Crippen molar-refractivity contribution in [2.24, 2.45) is 5.92 Å². The van der Waals surface area contributed by atoms with Gasteiger partial charge in [0, 0.05) is 17.5 Å². The number of hydrogen-bond donors (Lipinski definition) is 0. The Morgan fingerprint density at radius 1 is 1.56 bits per heavy atom. The van der Waals surface area contributed by atoms with Gasteiger partial charge in [-0.25, -0.2) is 0 Å². The van der Waals surface area contributed by atoms with E-state index in [2.05, 4.69) is 36.3 Å². The maximum absolute atomic E-state index is 12.0. The third-order valence-corrected chi connectivity index (χ3v) is 4.31. The summed E-state index contributed by atoms with van der Waals surface area (Å²) < 4.78 is 4.99. The van der Waals surface area contributed by atoms with Gasteiger partial charge in [0.15, 0.2) is 0 Å². The molecule has 0 saturated heterocycles. The summed E-state index contributed by atoms with van der Waals surface area (Å²) in [7, 11) is 1.49. The van der Waals surface area contributed by atoms with Gasteiger partial charge in [-0.05, 0) is 44.1 Å². The van der Waals surface area contributed by atoms with Crippen LogP contribution in [0.2, 0.25) is 0 Å². The highest BCUT2D eigenvalue weighted by Crippen LogP contribution is 2.37. The van der Waals surface area contributed by atoms with Crippen LogP contribution >= 0.6 is 11.3 Å². The molecule has 1 aliphatic rings. The van der Waals surface area contributed by atoms with E-state index < -0.39 is 0 Å². The fraction of sp³-hybridized carbons (Fsp3) is 0.643. The van der Waals surface area contributed by atoms with Gasteiger partial charge >= 0.3 is 5.97 Å². The molecule has 0 aromatic carbocycles. The number of ether oxygens (including phenoxy) is 1. The summed E-state index contributed by atoms with van der Waals surface area (Å²) >= 11 is 1.74. The lowest BCUT2D eigenvalue weighted by atomic mass is 10.1. The molecule has 0 aliphatic heterocycles. The highest BCUT2D eigenvalue weighted by atomic mass is 32.1. The van der Waals surface area contributed by atoms with Crippen LogP contribution in [0.3, 0.4) is 0 Å². The van der Waals surface area contributed by atoms with E-state index in [4.69, 9.17) is 4.74 Å². The fourth-order valence-electron chi connectivity index (χ4n) is 2.32. The monoisotopic (exact) mass is 267 g/mol. The largest absolute Gasteiger partial charge is 0.468 e. The lowest BCUT2D eigenvalue weighted by Gasteiger charge is -2.33. The Labute approximate surface area is 113 Å². The average molecular weight is 267 g/mol. The van der Waals surface area contributed by atoms with Crippen LogP contribution in [0.15, 0.2) is 17.5 Å². The lowest BCUT2D eigenvalue weighted by molar-refractivity contribution is -0.149. The van der Waals surface area contributed by atoms with Gasteiger partial charge in [0.05, 0.1) is 7.11 Å². The van der Waals surface area contributed by atoms with Gasteiger partial charge in [0.2, 0.25) is 0 Å². The number of rotatable bonds is 6. The Bertz CT molecular complexity index is 385. The molecule has 0 bridgehead atoms. The topological polar surface area (TPSA) is 29.5 Å². The first-order chi connectivity index (χ1) is 8.63. The zero-order chi connectivity index (χ0) is 13.1. The van der Waals surface area contributed by atoms with Crippen molar-refractivity contribution in [2.75, 3.05) is 7.11 Å². The molecule has 18 heavy (non-hydrogen) atoms. The third-order valence-electron chi connectivity index (χ3n) is 3.45. The normalized spacial score (nSPS) is 17.2. The molecule has 2 rings (SSSR count). The van der Waals surface area contributed by atoms with E-state index in [0.717, 1.165) is 19.4 Å². The zero-order valence-electron chi connectivity index (χ0n) is 11.3. The second-order valence-corrected chi connectivity index (χ2v) is 6.18. The molecule has 0 amide bonds. The summed E-state index contributed by atoms with van der Waals surface area (Å²) in [6.45, 7) is 5.13. The molecule has 1 unspecified atom stereocenters. The Morgan fingerprint density at radius 2 is 2.28 bits per heavy atom. The first-order valence-corrected chi connectivity index (χ1v) is 7.37. The molecule has 0 N–H and O–H groups in total. The first-order valence-electron chi connectivity index (χ1n) is 6.49. The molecular weight excluding hydrogens is 246 g/mol. The molecule has 0 radical (unpaired) electrons. The summed E-state index contributed by atoms with van der Waals surface area (Å²) in [4.78, 5) is 15.6. The number of nitrogens with zero attached hydrogens (tertiary/aromatic N) is 1. The van der Waals surface area contributed by atoms with Crippen LogP contribution in [0.25, 0.3) is 0 Å². The predicted molar refractivity (Wildman–Crippen MR) is 73.5 cm³/mol. The predicted octanol–water partition coefficient (Wildman–Crippen LogP) is 2.91. The van der Waals surface area contributed by atoms with Crippen molar-refractivity contribution < 1.29 is 9.53 Å². The van der Waals surface area contributed by atoms with Gasteiger partial charge in [-0.1, -0.05) is 6.07 Å². The Kier molecular flexibility index (Phi) is 4.40. The highest BCUT2D eigenvalue weighted by molar-refractivity contribution is 7.09. The van der Waals surface area contributed by atoms with Crippen molar-refractivity contribution in [3.05, 3.63) is 22.4 Å². The lowest BCUT2D eigenvalue weighted by Crippen LogP contribution is -2.46. The van der Waals surface area contributed by atoms with Crippen molar-refractivity contribution in [2.45, 2.75) is 45.3 Å². The van der Waals surface area contributed by atoms with Gasteiger partial charge < -0.3 is 4.74 Å².